The molecule has 0 saturated carbocycles. The maximum absolute atomic E-state index is 5.40. The molecule has 0 atom stereocenters. The van der Waals surface area contributed by atoms with Crippen LogP contribution in [0.3, 0.4) is 0 Å². The third kappa shape index (κ3) is 5.54. The van der Waals surface area contributed by atoms with Crippen molar-refractivity contribution in [1.29, 1.82) is 0 Å². The van der Waals surface area contributed by atoms with E-state index in [9.17, 15) is 0 Å². The molecule has 65 heavy (non-hydrogen) atoms. The first-order chi connectivity index (χ1) is 31.5. The first-order valence-corrected chi connectivity index (χ1v) is 23.7. The van der Waals surface area contributed by atoms with Gasteiger partial charge in [0.1, 0.15) is 5.82 Å². The molecular weight excluding hydrogens is 787 g/mol. The minimum Gasteiger partial charge on any atom is -0.311 e. The van der Waals surface area contributed by atoms with E-state index in [1.807, 2.05) is 0 Å². The summed E-state index contributed by atoms with van der Waals surface area (Å²) >= 11 is 0. The lowest BCUT2D eigenvalue weighted by molar-refractivity contribution is 0.403. The Hall–Kier alpha value is -6.85. The molecule has 7 aromatic carbocycles. The highest BCUT2D eigenvalue weighted by Crippen LogP contribution is 2.55. The summed E-state index contributed by atoms with van der Waals surface area (Å²) < 4.78 is 0. The van der Waals surface area contributed by atoms with Gasteiger partial charge in [0.05, 0.1) is 0 Å². The van der Waals surface area contributed by atoms with E-state index in [0.717, 1.165) is 41.4 Å². The fraction of sp³-hybridized carbons (Fsp3) is 0.217. The number of aryl methyl sites for hydroxylation is 2. The van der Waals surface area contributed by atoms with Crippen LogP contribution in [0.15, 0.2) is 164 Å². The van der Waals surface area contributed by atoms with Crippen molar-refractivity contribution >= 4 is 74.4 Å². The molecule has 1 aromatic heterocycles. The summed E-state index contributed by atoms with van der Waals surface area (Å²) in [4.78, 5) is 12.8. The number of hydrogen-bond donors (Lipinski definition) is 0. The fourth-order valence-corrected chi connectivity index (χ4v) is 13.0. The smallest absolute Gasteiger partial charge is 0.254 e. The molecule has 0 amide bonds. The standard InChI is InChI=1S/C60H53BN4/c1-58(2)37-59(3,4)50-36-55-52(35-49(50)58)61-51-34-48-46(45-28-27-44(32-47(45)60(48,5)6)63(40-19-10-7-11-20-40)41-21-12-8-13-22-41)33-54(51)65(42-23-14-9-15-24-42)57-56(61)53(29-30-62-57)64(55)43-26-25-38-17-16-18-39(38)31-43/h7-15,19-36H,16-18,37H2,1-6H3. The van der Waals surface area contributed by atoms with Crippen molar-refractivity contribution in [2.75, 3.05) is 14.7 Å². The molecule has 5 heteroatoms. The fourth-order valence-electron chi connectivity index (χ4n) is 13.0. The third-order valence-electron chi connectivity index (χ3n) is 15.7. The first kappa shape index (κ1) is 38.6. The Balaban J connectivity index is 1.06. The lowest BCUT2D eigenvalue weighted by Gasteiger charge is -2.44. The number of aromatic nitrogens is 1. The SMILES string of the molecule is CC1(C)CC(C)(C)c2cc3c(cc21)B1c2cc4c(cc2N(c2ccccc2)c2nccc(c21)N3c1ccc2c(c1)CCC2)-c1ccc(N(c2ccccc2)c2ccccc2)cc1C4(C)C. The average molecular weight is 841 g/mol. The van der Waals surface area contributed by atoms with Gasteiger partial charge in [-0.25, -0.2) is 4.98 Å². The second-order valence-electron chi connectivity index (χ2n) is 21.0. The summed E-state index contributed by atoms with van der Waals surface area (Å²) in [6.07, 6.45) is 6.71. The Kier molecular flexibility index (Phi) is 8.07. The van der Waals surface area contributed by atoms with E-state index in [4.69, 9.17) is 4.98 Å². The van der Waals surface area contributed by atoms with Crippen LogP contribution >= 0.6 is 0 Å². The molecule has 0 fully saturated rings. The highest BCUT2D eigenvalue weighted by atomic mass is 15.2. The number of pyridine rings is 1. The molecule has 0 spiro atoms. The lowest BCUT2D eigenvalue weighted by atomic mass is 9.33. The van der Waals surface area contributed by atoms with Crippen LogP contribution in [0.4, 0.5) is 51.3 Å². The number of fused-ring (bicyclic) bond motifs is 9. The van der Waals surface area contributed by atoms with Gasteiger partial charge in [-0.2, -0.15) is 0 Å². The van der Waals surface area contributed by atoms with Crippen LogP contribution in [0.25, 0.3) is 11.1 Å². The second kappa shape index (κ2) is 13.6. The molecule has 0 radical (unpaired) electrons. The average Bonchev–Trinajstić information content (AvgIpc) is 3.93. The molecule has 0 unspecified atom stereocenters. The van der Waals surface area contributed by atoms with Crippen LogP contribution in [0.2, 0.25) is 0 Å². The minimum atomic E-state index is -0.262. The van der Waals surface area contributed by atoms with Crippen molar-refractivity contribution in [3.05, 3.63) is 197 Å². The normalized spacial score (nSPS) is 17.1. The molecule has 316 valence electrons. The molecule has 5 aliphatic rings. The van der Waals surface area contributed by atoms with Gasteiger partial charge in [0.2, 0.25) is 0 Å². The molecule has 8 aromatic rings. The number of nitrogens with zero attached hydrogens (tertiary/aromatic N) is 4. The zero-order valence-corrected chi connectivity index (χ0v) is 38.3. The minimum absolute atomic E-state index is 0.0128. The maximum Gasteiger partial charge on any atom is 0.254 e. The monoisotopic (exact) mass is 840 g/mol. The van der Waals surface area contributed by atoms with Crippen LogP contribution in [0.1, 0.15) is 87.8 Å². The van der Waals surface area contributed by atoms with Gasteiger partial charge in [0.25, 0.3) is 6.71 Å². The Morgan fingerprint density at radius 2 is 1.11 bits per heavy atom. The number of benzene rings is 7. The van der Waals surface area contributed by atoms with Crippen molar-refractivity contribution in [1.82, 2.24) is 4.98 Å². The number of anilines is 9. The highest BCUT2D eigenvalue weighted by molar-refractivity contribution is 7.00. The first-order valence-electron chi connectivity index (χ1n) is 23.7. The van der Waals surface area contributed by atoms with Gasteiger partial charge >= 0.3 is 0 Å². The van der Waals surface area contributed by atoms with Gasteiger partial charge in [0.15, 0.2) is 0 Å². The van der Waals surface area contributed by atoms with E-state index in [0.29, 0.717) is 0 Å². The van der Waals surface area contributed by atoms with Crippen LogP contribution in [-0.4, -0.2) is 11.7 Å². The van der Waals surface area contributed by atoms with Crippen molar-refractivity contribution in [2.24, 2.45) is 0 Å². The second-order valence-corrected chi connectivity index (χ2v) is 21.0. The van der Waals surface area contributed by atoms with Gasteiger partial charge in [0, 0.05) is 57.1 Å². The van der Waals surface area contributed by atoms with E-state index in [1.165, 1.54) is 96.5 Å². The predicted molar refractivity (Wildman–Crippen MR) is 273 cm³/mol. The number of rotatable bonds is 5. The summed E-state index contributed by atoms with van der Waals surface area (Å²) in [5.74, 6) is 1.01. The Morgan fingerprint density at radius 3 is 1.82 bits per heavy atom. The van der Waals surface area contributed by atoms with E-state index < -0.39 is 0 Å². The van der Waals surface area contributed by atoms with Gasteiger partial charge in [-0.3, -0.25) is 4.90 Å². The zero-order chi connectivity index (χ0) is 44.0. The van der Waals surface area contributed by atoms with Crippen molar-refractivity contribution in [3.63, 3.8) is 0 Å². The quantitative estimate of drug-likeness (QED) is 0.161. The summed E-state index contributed by atoms with van der Waals surface area (Å²) in [5, 5.41) is 0. The van der Waals surface area contributed by atoms with Crippen molar-refractivity contribution < 1.29 is 0 Å². The van der Waals surface area contributed by atoms with Crippen LogP contribution < -0.4 is 31.1 Å². The van der Waals surface area contributed by atoms with E-state index in [-0.39, 0.29) is 23.0 Å². The predicted octanol–water partition coefficient (Wildman–Crippen LogP) is 13.4. The summed E-state index contributed by atoms with van der Waals surface area (Å²) in [5.41, 5.74) is 24.7. The van der Waals surface area contributed by atoms with Gasteiger partial charge < -0.3 is 9.80 Å². The Morgan fingerprint density at radius 1 is 0.492 bits per heavy atom. The zero-order valence-electron chi connectivity index (χ0n) is 38.3. The van der Waals surface area contributed by atoms with Crippen LogP contribution in [0, 0.1) is 0 Å². The summed E-state index contributed by atoms with van der Waals surface area (Å²) in [7, 11) is 0. The Bertz CT molecular complexity index is 3220. The third-order valence-corrected chi connectivity index (χ3v) is 15.7. The van der Waals surface area contributed by atoms with E-state index in [1.54, 1.807) is 0 Å². The lowest BCUT2D eigenvalue weighted by Crippen LogP contribution is -2.62. The van der Waals surface area contributed by atoms with Crippen molar-refractivity contribution in [2.45, 2.75) is 83.5 Å². The van der Waals surface area contributed by atoms with Gasteiger partial charge in [-0.15, -0.1) is 0 Å². The van der Waals surface area contributed by atoms with Crippen LogP contribution in [0.5, 0.6) is 0 Å². The van der Waals surface area contributed by atoms with E-state index in [2.05, 4.69) is 220 Å². The molecule has 4 nitrogen and oxygen atoms in total. The summed E-state index contributed by atoms with van der Waals surface area (Å²) in [6.45, 7) is 14.7. The molecule has 3 aliphatic carbocycles. The van der Waals surface area contributed by atoms with Gasteiger partial charge in [-0.05, 0) is 176 Å². The summed E-state index contributed by atoms with van der Waals surface area (Å²) in [6, 6.07) is 59.5. The highest BCUT2D eigenvalue weighted by Gasteiger charge is 2.49. The largest absolute Gasteiger partial charge is 0.311 e. The molecule has 13 rings (SSSR count). The number of hydrogen-bond acceptors (Lipinski definition) is 4. The molecule has 2 aliphatic heterocycles. The molecule has 3 heterocycles. The molecule has 0 saturated heterocycles. The molecule has 0 bridgehead atoms. The van der Waals surface area contributed by atoms with Crippen LogP contribution in [-0.2, 0) is 29.1 Å². The molecular formula is C60H53BN4. The maximum atomic E-state index is 5.40. The van der Waals surface area contributed by atoms with E-state index >= 15 is 0 Å². The van der Waals surface area contributed by atoms with Crippen molar-refractivity contribution in [3.8, 4) is 11.1 Å². The molecule has 0 N–H and O–H groups in total. The number of para-hydroxylation sites is 3. The Labute approximate surface area is 384 Å². The topological polar surface area (TPSA) is 22.6 Å². The van der Waals surface area contributed by atoms with Gasteiger partial charge in [-0.1, -0.05) is 120 Å².